The molecular weight excluding hydrogens is 372 g/mol. The summed E-state index contributed by atoms with van der Waals surface area (Å²) in [4.78, 5) is 11.4. The number of rotatable bonds is 2. The summed E-state index contributed by atoms with van der Waals surface area (Å²) in [6.07, 6.45) is 0.843. The zero-order valence-corrected chi connectivity index (χ0v) is 14.1. The van der Waals surface area contributed by atoms with Crippen LogP contribution in [0.5, 0.6) is 0 Å². The van der Waals surface area contributed by atoms with Gasteiger partial charge in [0.1, 0.15) is 10.3 Å². The van der Waals surface area contributed by atoms with Crippen LogP contribution in [0.25, 0.3) is 11.3 Å². The fourth-order valence-electron chi connectivity index (χ4n) is 1.81. The van der Waals surface area contributed by atoms with Gasteiger partial charge in [-0.3, -0.25) is 9.48 Å². The van der Waals surface area contributed by atoms with E-state index in [1.165, 1.54) is 0 Å². The molecule has 0 amide bonds. The number of halogens is 2. The molecule has 0 saturated heterocycles. The molecule has 100 valence electrons. The van der Waals surface area contributed by atoms with E-state index < -0.39 is 0 Å². The standard InChI is InChI=1S/C14H14Br2N2O/c1-14(2,3)18-13(16)11(8-19)12(17-18)9-5-4-6-10(15)7-9/h4-8H,1-3H3. The van der Waals surface area contributed by atoms with E-state index in [0.717, 1.165) is 16.3 Å². The first kappa shape index (κ1) is 14.5. The smallest absolute Gasteiger partial charge is 0.155 e. The third-order valence-electron chi connectivity index (χ3n) is 2.71. The van der Waals surface area contributed by atoms with Crippen molar-refractivity contribution in [1.29, 1.82) is 0 Å². The van der Waals surface area contributed by atoms with Gasteiger partial charge in [0.15, 0.2) is 6.29 Å². The average molecular weight is 386 g/mol. The molecular formula is C14H14Br2N2O. The molecule has 0 saturated carbocycles. The molecule has 2 rings (SSSR count). The molecule has 2 aromatic rings. The first-order valence-electron chi connectivity index (χ1n) is 5.84. The summed E-state index contributed by atoms with van der Waals surface area (Å²) in [5, 5.41) is 4.58. The maximum atomic E-state index is 11.4. The van der Waals surface area contributed by atoms with Crippen molar-refractivity contribution >= 4 is 38.1 Å². The number of aromatic nitrogens is 2. The van der Waals surface area contributed by atoms with Crippen LogP contribution in [0.2, 0.25) is 0 Å². The van der Waals surface area contributed by atoms with Gasteiger partial charge in [0.05, 0.1) is 11.1 Å². The van der Waals surface area contributed by atoms with Crippen LogP contribution in [0.3, 0.4) is 0 Å². The molecule has 1 aromatic carbocycles. The van der Waals surface area contributed by atoms with Gasteiger partial charge in [0.25, 0.3) is 0 Å². The van der Waals surface area contributed by atoms with Crippen molar-refractivity contribution in [3.8, 4) is 11.3 Å². The largest absolute Gasteiger partial charge is 0.298 e. The molecule has 0 unspecified atom stereocenters. The Hall–Kier alpha value is -0.940. The monoisotopic (exact) mass is 384 g/mol. The highest BCUT2D eigenvalue weighted by Crippen LogP contribution is 2.32. The molecule has 0 spiro atoms. The Kier molecular flexibility index (Phi) is 3.97. The van der Waals surface area contributed by atoms with E-state index >= 15 is 0 Å². The van der Waals surface area contributed by atoms with Gasteiger partial charge in [0.2, 0.25) is 0 Å². The van der Waals surface area contributed by atoms with Gasteiger partial charge in [-0.05, 0) is 48.8 Å². The van der Waals surface area contributed by atoms with Gasteiger partial charge in [-0.2, -0.15) is 5.10 Å². The molecule has 0 fully saturated rings. The summed E-state index contributed by atoms with van der Waals surface area (Å²) in [7, 11) is 0. The highest BCUT2D eigenvalue weighted by molar-refractivity contribution is 9.10. The lowest BCUT2D eigenvalue weighted by molar-refractivity contribution is 0.112. The van der Waals surface area contributed by atoms with Crippen molar-refractivity contribution in [2.24, 2.45) is 0 Å². The number of aldehydes is 1. The minimum atomic E-state index is -0.194. The third kappa shape index (κ3) is 2.82. The number of hydrogen-bond acceptors (Lipinski definition) is 2. The van der Waals surface area contributed by atoms with Crippen LogP contribution < -0.4 is 0 Å². The molecule has 0 bridgehead atoms. The Labute approximate surface area is 129 Å². The highest BCUT2D eigenvalue weighted by Gasteiger charge is 2.24. The van der Waals surface area contributed by atoms with Gasteiger partial charge in [-0.15, -0.1) is 0 Å². The SMILES string of the molecule is CC(C)(C)n1nc(-c2cccc(Br)c2)c(C=O)c1Br. The lowest BCUT2D eigenvalue weighted by Gasteiger charge is -2.20. The molecule has 0 aliphatic heterocycles. The van der Waals surface area contributed by atoms with E-state index in [1.807, 2.05) is 49.7 Å². The summed E-state index contributed by atoms with van der Waals surface area (Å²) >= 11 is 6.91. The minimum Gasteiger partial charge on any atom is -0.298 e. The predicted octanol–water partition coefficient (Wildman–Crippen LogP) is 4.64. The van der Waals surface area contributed by atoms with E-state index in [-0.39, 0.29) is 5.54 Å². The second-order valence-electron chi connectivity index (χ2n) is 5.26. The number of carbonyl (C=O) groups is 1. The van der Waals surface area contributed by atoms with Crippen molar-refractivity contribution in [2.45, 2.75) is 26.3 Å². The van der Waals surface area contributed by atoms with Crippen molar-refractivity contribution in [2.75, 3.05) is 0 Å². The van der Waals surface area contributed by atoms with Crippen LogP contribution in [-0.4, -0.2) is 16.1 Å². The summed E-state index contributed by atoms with van der Waals surface area (Å²) < 4.78 is 3.50. The summed E-state index contributed by atoms with van der Waals surface area (Å²) in [6.45, 7) is 6.14. The number of benzene rings is 1. The zero-order valence-electron chi connectivity index (χ0n) is 10.9. The van der Waals surface area contributed by atoms with Gasteiger partial charge >= 0.3 is 0 Å². The first-order chi connectivity index (χ1) is 8.84. The summed E-state index contributed by atoms with van der Waals surface area (Å²) in [6, 6.07) is 7.77. The molecule has 19 heavy (non-hydrogen) atoms. The van der Waals surface area contributed by atoms with E-state index in [2.05, 4.69) is 37.0 Å². The average Bonchev–Trinajstić information content (AvgIpc) is 2.66. The van der Waals surface area contributed by atoms with Crippen molar-refractivity contribution in [1.82, 2.24) is 9.78 Å². The fourth-order valence-corrected chi connectivity index (χ4v) is 3.10. The van der Waals surface area contributed by atoms with Crippen LogP contribution in [-0.2, 0) is 5.54 Å². The van der Waals surface area contributed by atoms with Crippen molar-refractivity contribution < 1.29 is 4.79 Å². The number of hydrogen-bond donors (Lipinski definition) is 0. The van der Waals surface area contributed by atoms with Crippen LogP contribution in [0.15, 0.2) is 33.3 Å². The van der Waals surface area contributed by atoms with E-state index in [1.54, 1.807) is 0 Å². The van der Waals surface area contributed by atoms with Crippen LogP contribution >= 0.6 is 31.9 Å². The molecule has 0 aliphatic rings. The lowest BCUT2D eigenvalue weighted by atomic mass is 10.1. The topological polar surface area (TPSA) is 34.9 Å². The number of carbonyl (C=O) groups excluding carboxylic acids is 1. The van der Waals surface area contributed by atoms with Crippen LogP contribution in [0.1, 0.15) is 31.1 Å². The second-order valence-corrected chi connectivity index (χ2v) is 6.93. The van der Waals surface area contributed by atoms with Crippen molar-refractivity contribution in [3.63, 3.8) is 0 Å². The van der Waals surface area contributed by atoms with Gasteiger partial charge < -0.3 is 0 Å². The van der Waals surface area contributed by atoms with E-state index in [9.17, 15) is 4.79 Å². The third-order valence-corrected chi connectivity index (χ3v) is 3.97. The Morgan fingerprint density at radius 3 is 2.47 bits per heavy atom. The Balaban J connectivity index is 2.68. The minimum absolute atomic E-state index is 0.194. The van der Waals surface area contributed by atoms with Crippen LogP contribution in [0, 0.1) is 0 Å². The van der Waals surface area contributed by atoms with Gasteiger partial charge in [-0.1, -0.05) is 28.1 Å². The molecule has 1 aromatic heterocycles. The Morgan fingerprint density at radius 2 is 1.95 bits per heavy atom. The zero-order chi connectivity index (χ0) is 14.2. The maximum Gasteiger partial charge on any atom is 0.155 e. The molecule has 1 heterocycles. The maximum absolute atomic E-state index is 11.4. The molecule has 0 aliphatic carbocycles. The highest BCUT2D eigenvalue weighted by atomic mass is 79.9. The first-order valence-corrected chi connectivity index (χ1v) is 7.43. The summed E-state index contributed by atoms with van der Waals surface area (Å²) in [5.74, 6) is 0. The number of nitrogens with zero attached hydrogens (tertiary/aromatic N) is 2. The predicted molar refractivity (Wildman–Crippen MR) is 83.4 cm³/mol. The molecule has 3 nitrogen and oxygen atoms in total. The van der Waals surface area contributed by atoms with Gasteiger partial charge in [0, 0.05) is 10.0 Å². The lowest BCUT2D eigenvalue weighted by Crippen LogP contribution is -2.23. The summed E-state index contributed by atoms with van der Waals surface area (Å²) in [5.41, 5.74) is 1.99. The normalized spacial score (nSPS) is 11.6. The molecule has 5 heteroatoms. The van der Waals surface area contributed by atoms with E-state index in [0.29, 0.717) is 15.9 Å². The quantitative estimate of drug-likeness (QED) is 0.705. The molecule has 0 atom stereocenters. The molecule has 0 radical (unpaired) electrons. The Morgan fingerprint density at radius 1 is 1.26 bits per heavy atom. The van der Waals surface area contributed by atoms with Crippen LogP contribution in [0.4, 0.5) is 0 Å². The van der Waals surface area contributed by atoms with Crippen molar-refractivity contribution in [3.05, 3.63) is 38.9 Å². The fraction of sp³-hybridized carbons (Fsp3) is 0.286. The van der Waals surface area contributed by atoms with E-state index in [4.69, 9.17) is 0 Å². The Bertz CT molecular complexity index is 627. The molecule has 0 N–H and O–H groups in total. The van der Waals surface area contributed by atoms with Gasteiger partial charge in [-0.25, -0.2) is 0 Å². The second kappa shape index (κ2) is 5.21.